The average Bonchev–Trinajstić information content (AvgIpc) is 3.27. The number of hydrogen-bond acceptors (Lipinski definition) is 2. The largest absolute Gasteiger partial charge is 0.310 e. The average molecular weight is 252 g/mol. The van der Waals surface area contributed by atoms with Crippen molar-refractivity contribution in [1.29, 1.82) is 0 Å². The molecule has 0 radical (unpaired) electrons. The summed E-state index contributed by atoms with van der Waals surface area (Å²) in [7, 11) is 0. The van der Waals surface area contributed by atoms with Crippen molar-refractivity contribution in [2.24, 2.45) is 5.92 Å². The van der Waals surface area contributed by atoms with E-state index >= 15 is 0 Å². The third kappa shape index (κ3) is 2.69. The van der Waals surface area contributed by atoms with Crippen LogP contribution >= 0.6 is 0 Å². The summed E-state index contributed by atoms with van der Waals surface area (Å²) in [5.41, 5.74) is 2.78. The standard InChI is InChI=1S/C17H20N2/c1-2-19-17(14-9-6-10-18-12-14)16-11-15(16)13-7-4-3-5-8-13/h3-10,12,15-17,19H,2,11H2,1H3. The number of hydrogen-bond donors (Lipinski definition) is 1. The van der Waals surface area contributed by atoms with Crippen molar-refractivity contribution in [1.82, 2.24) is 10.3 Å². The van der Waals surface area contributed by atoms with E-state index in [4.69, 9.17) is 0 Å². The van der Waals surface area contributed by atoms with E-state index < -0.39 is 0 Å². The lowest BCUT2D eigenvalue weighted by atomic mass is 10.00. The van der Waals surface area contributed by atoms with E-state index in [2.05, 4.69) is 53.6 Å². The lowest BCUT2D eigenvalue weighted by molar-refractivity contribution is 0.486. The number of rotatable bonds is 5. The highest BCUT2D eigenvalue weighted by Crippen LogP contribution is 2.53. The highest BCUT2D eigenvalue weighted by molar-refractivity contribution is 5.29. The Bertz CT molecular complexity index is 509. The highest BCUT2D eigenvalue weighted by Gasteiger charge is 2.43. The summed E-state index contributed by atoms with van der Waals surface area (Å²) in [4.78, 5) is 4.26. The third-order valence-electron chi connectivity index (χ3n) is 3.96. The minimum absolute atomic E-state index is 0.434. The summed E-state index contributed by atoms with van der Waals surface area (Å²) in [6.45, 7) is 3.17. The molecule has 1 aromatic heterocycles. The van der Waals surface area contributed by atoms with E-state index in [1.54, 1.807) is 0 Å². The zero-order valence-corrected chi connectivity index (χ0v) is 11.3. The zero-order chi connectivity index (χ0) is 13.1. The predicted molar refractivity (Wildman–Crippen MR) is 77.9 cm³/mol. The van der Waals surface area contributed by atoms with E-state index in [0.29, 0.717) is 17.9 Å². The van der Waals surface area contributed by atoms with Crippen molar-refractivity contribution in [3.8, 4) is 0 Å². The number of pyridine rings is 1. The van der Waals surface area contributed by atoms with Crippen LogP contribution in [-0.2, 0) is 0 Å². The maximum absolute atomic E-state index is 4.26. The zero-order valence-electron chi connectivity index (χ0n) is 11.3. The second kappa shape index (κ2) is 5.54. The van der Waals surface area contributed by atoms with Crippen LogP contribution in [0.2, 0.25) is 0 Å². The summed E-state index contributed by atoms with van der Waals surface area (Å²) in [6, 6.07) is 15.5. The van der Waals surface area contributed by atoms with Crippen LogP contribution in [0.3, 0.4) is 0 Å². The van der Waals surface area contributed by atoms with Gasteiger partial charge in [-0.3, -0.25) is 4.98 Å². The van der Waals surface area contributed by atoms with Crippen LogP contribution < -0.4 is 5.32 Å². The molecule has 0 spiro atoms. The molecule has 1 aliphatic rings. The Morgan fingerprint density at radius 1 is 1.21 bits per heavy atom. The topological polar surface area (TPSA) is 24.9 Å². The molecule has 1 fully saturated rings. The van der Waals surface area contributed by atoms with Crippen molar-refractivity contribution in [2.45, 2.75) is 25.3 Å². The molecule has 3 atom stereocenters. The van der Waals surface area contributed by atoms with Gasteiger partial charge in [-0.15, -0.1) is 0 Å². The van der Waals surface area contributed by atoms with Crippen LogP contribution in [0, 0.1) is 5.92 Å². The molecule has 3 unspecified atom stereocenters. The van der Waals surface area contributed by atoms with Gasteiger partial charge in [0.05, 0.1) is 0 Å². The Kier molecular flexibility index (Phi) is 3.60. The van der Waals surface area contributed by atoms with E-state index in [0.717, 1.165) is 6.54 Å². The molecule has 0 bridgehead atoms. The van der Waals surface area contributed by atoms with Crippen LogP contribution in [0.15, 0.2) is 54.9 Å². The maximum atomic E-state index is 4.26. The van der Waals surface area contributed by atoms with E-state index in [-0.39, 0.29) is 0 Å². The number of nitrogens with zero attached hydrogens (tertiary/aromatic N) is 1. The third-order valence-corrected chi connectivity index (χ3v) is 3.96. The summed E-state index contributed by atoms with van der Waals surface area (Å²) in [5.74, 6) is 1.40. The maximum Gasteiger partial charge on any atom is 0.0369 e. The summed E-state index contributed by atoms with van der Waals surface area (Å²) < 4.78 is 0. The molecule has 98 valence electrons. The van der Waals surface area contributed by atoms with E-state index in [1.807, 2.05) is 18.5 Å². The Morgan fingerprint density at radius 2 is 2.05 bits per heavy atom. The first-order chi connectivity index (χ1) is 9.40. The monoisotopic (exact) mass is 252 g/mol. The van der Waals surface area contributed by atoms with Crippen molar-refractivity contribution in [3.63, 3.8) is 0 Å². The van der Waals surface area contributed by atoms with E-state index in [9.17, 15) is 0 Å². The second-order valence-electron chi connectivity index (χ2n) is 5.24. The molecule has 1 heterocycles. The summed E-state index contributed by atoms with van der Waals surface area (Å²) >= 11 is 0. The Morgan fingerprint density at radius 3 is 2.74 bits per heavy atom. The first kappa shape index (κ1) is 12.4. The molecule has 1 saturated carbocycles. The van der Waals surface area contributed by atoms with Crippen LogP contribution in [-0.4, -0.2) is 11.5 Å². The van der Waals surface area contributed by atoms with Gasteiger partial charge < -0.3 is 5.32 Å². The quantitative estimate of drug-likeness (QED) is 0.880. The molecule has 19 heavy (non-hydrogen) atoms. The van der Waals surface area contributed by atoms with Crippen molar-refractivity contribution in [2.75, 3.05) is 6.54 Å². The van der Waals surface area contributed by atoms with Gasteiger partial charge in [0.1, 0.15) is 0 Å². The van der Waals surface area contributed by atoms with Gasteiger partial charge in [-0.2, -0.15) is 0 Å². The van der Waals surface area contributed by atoms with Crippen LogP contribution in [0.25, 0.3) is 0 Å². The van der Waals surface area contributed by atoms with Gasteiger partial charge in [0.2, 0.25) is 0 Å². The molecule has 2 heteroatoms. The normalized spacial score (nSPS) is 23.0. The van der Waals surface area contributed by atoms with Crippen molar-refractivity contribution < 1.29 is 0 Å². The van der Waals surface area contributed by atoms with Gasteiger partial charge in [0, 0.05) is 18.4 Å². The first-order valence-corrected chi connectivity index (χ1v) is 7.08. The predicted octanol–water partition coefficient (Wildman–Crippen LogP) is 3.54. The number of benzene rings is 1. The fourth-order valence-corrected chi connectivity index (χ4v) is 2.96. The minimum atomic E-state index is 0.434. The molecule has 2 aromatic rings. The summed E-state index contributed by atoms with van der Waals surface area (Å²) in [5, 5.41) is 3.62. The van der Waals surface area contributed by atoms with Gasteiger partial charge in [-0.1, -0.05) is 43.3 Å². The number of nitrogens with one attached hydrogen (secondary N) is 1. The van der Waals surface area contributed by atoms with E-state index in [1.165, 1.54) is 17.5 Å². The van der Waals surface area contributed by atoms with Crippen molar-refractivity contribution in [3.05, 3.63) is 66.0 Å². The fraction of sp³-hybridized carbons (Fsp3) is 0.353. The Labute approximate surface area is 114 Å². The second-order valence-corrected chi connectivity index (χ2v) is 5.24. The highest BCUT2D eigenvalue weighted by atomic mass is 14.9. The van der Waals surface area contributed by atoms with Crippen molar-refractivity contribution >= 4 is 0 Å². The smallest absolute Gasteiger partial charge is 0.0369 e. The molecule has 0 aliphatic heterocycles. The van der Waals surface area contributed by atoms with Gasteiger partial charge in [-0.05, 0) is 42.0 Å². The van der Waals surface area contributed by atoms with Gasteiger partial charge in [0.15, 0.2) is 0 Å². The molecule has 1 aromatic carbocycles. The molecule has 1 aliphatic carbocycles. The molecule has 0 amide bonds. The Hall–Kier alpha value is -1.67. The molecule has 0 saturated heterocycles. The van der Waals surface area contributed by atoms with Crippen LogP contribution in [0.5, 0.6) is 0 Å². The first-order valence-electron chi connectivity index (χ1n) is 7.08. The summed E-state index contributed by atoms with van der Waals surface area (Å²) in [6.07, 6.45) is 5.11. The number of aromatic nitrogens is 1. The van der Waals surface area contributed by atoms with Crippen LogP contribution in [0.4, 0.5) is 0 Å². The molecular weight excluding hydrogens is 232 g/mol. The molecule has 3 rings (SSSR count). The fourth-order valence-electron chi connectivity index (χ4n) is 2.96. The van der Waals surface area contributed by atoms with Gasteiger partial charge in [0.25, 0.3) is 0 Å². The molecule has 1 N–H and O–H groups in total. The minimum Gasteiger partial charge on any atom is -0.310 e. The SMILES string of the molecule is CCNC(c1cccnc1)C1CC1c1ccccc1. The van der Waals surface area contributed by atoms with Gasteiger partial charge >= 0.3 is 0 Å². The van der Waals surface area contributed by atoms with Crippen LogP contribution in [0.1, 0.15) is 36.4 Å². The molecular formula is C17H20N2. The Balaban J connectivity index is 1.77. The molecule has 2 nitrogen and oxygen atoms in total. The lowest BCUT2D eigenvalue weighted by Crippen LogP contribution is -2.23. The van der Waals surface area contributed by atoms with Gasteiger partial charge in [-0.25, -0.2) is 0 Å². The lowest BCUT2D eigenvalue weighted by Gasteiger charge is -2.18.